The zero-order chi connectivity index (χ0) is 21.1. The molecule has 2 aromatic heterocycles. The van der Waals surface area contributed by atoms with Crippen LogP contribution in [-0.4, -0.2) is 59.0 Å². The summed E-state index contributed by atoms with van der Waals surface area (Å²) in [5.74, 6) is 1.31. The molecule has 0 aromatic carbocycles. The predicted molar refractivity (Wildman–Crippen MR) is 115 cm³/mol. The Morgan fingerprint density at radius 1 is 1.27 bits per heavy atom. The van der Waals surface area contributed by atoms with Crippen LogP contribution in [0.2, 0.25) is 0 Å². The first-order valence-corrected chi connectivity index (χ1v) is 10.9. The largest absolute Gasteiger partial charge is 0.467 e. The third-order valence-corrected chi connectivity index (χ3v) is 6.61. The van der Waals surface area contributed by atoms with E-state index in [9.17, 15) is 10.1 Å². The fourth-order valence-electron chi connectivity index (χ4n) is 4.82. The van der Waals surface area contributed by atoms with Crippen molar-refractivity contribution in [1.29, 1.82) is 5.26 Å². The van der Waals surface area contributed by atoms with Gasteiger partial charge in [-0.15, -0.1) is 0 Å². The van der Waals surface area contributed by atoms with Gasteiger partial charge in [-0.25, -0.2) is 0 Å². The molecule has 1 N–H and O–H groups in total. The molecular weight excluding hydrogens is 378 g/mol. The highest BCUT2D eigenvalue weighted by atomic mass is 16.3. The van der Waals surface area contributed by atoms with Crippen LogP contribution in [0.15, 0.2) is 22.8 Å². The highest BCUT2D eigenvalue weighted by Gasteiger charge is 2.29. The zero-order valence-corrected chi connectivity index (χ0v) is 18.0. The molecule has 2 aliphatic rings. The minimum atomic E-state index is -0.0574. The van der Waals surface area contributed by atoms with Crippen LogP contribution in [0.25, 0.3) is 0 Å². The molecule has 0 radical (unpaired) electrons. The number of carbonyl (C=O) groups is 1. The third-order valence-electron chi connectivity index (χ3n) is 6.61. The first-order valence-electron chi connectivity index (χ1n) is 10.9. The van der Waals surface area contributed by atoms with Gasteiger partial charge in [-0.1, -0.05) is 0 Å². The SMILES string of the molecule is Cc1c(C#N)c(NC(=O)CN2CCCC2CN2CCCC2)n(Cc2ccco2)c1C. The van der Waals surface area contributed by atoms with Crippen LogP contribution in [0.1, 0.15) is 48.3 Å². The summed E-state index contributed by atoms with van der Waals surface area (Å²) in [6.45, 7) is 9.13. The minimum absolute atomic E-state index is 0.0574. The molecule has 2 fully saturated rings. The number of nitriles is 1. The summed E-state index contributed by atoms with van der Waals surface area (Å²) in [7, 11) is 0. The monoisotopic (exact) mass is 409 g/mol. The van der Waals surface area contributed by atoms with E-state index in [1.165, 1.54) is 25.9 Å². The molecule has 1 atom stereocenters. The summed E-state index contributed by atoms with van der Waals surface area (Å²) in [6.07, 6.45) is 6.51. The van der Waals surface area contributed by atoms with Gasteiger partial charge in [0.2, 0.25) is 5.91 Å². The number of amides is 1. The van der Waals surface area contributed by atoms with Gasteiger partial charge in [-0.3, -0.25) is 9.69 Å². The Labute approximate surface area is 178 Å². The van der Waals surface area contributed by atoms with E-state index in [0.717, 1.165) is 42.9 Å². The summed E-state index contributed by atoms with van der Waals surface area (Å²) < 4.78 is 7.46. The van der Waals surface area contributed by atoms with Crippen LogP contribution < -0.4 is 5.32 Å². The van der Waals surface area contributed by atoms with E-state index in [0.29, 0.717) is 30.5 Å². The fraction of sp³-hybridized carbons (Fsp3) is 0.565. The van der Waals surface area contributed by atoms with Crippen LogP contribution in [-0.2, 0) is 11.3 Å². The quantitative estimate of drug-likeness (QED) is 0.760. The molecule has 30 heavy (non-hydrogen) atoms. The number of rotatable bonds is 7. The standard InChI is InChI=1S/C23H31N5O2/c1-17-18(2)28(15-20-8-6-12-30-20)23(21(17)13-24)25-22(29)16-27-11-5-7-19(27)14-26-9-3-4-10-26/h6,8,12,19H,3-5,7,9-11,14-16H2,1-2H3,(H,25,29). The first-order chi connectivity index (χ1) is 14.6. The van der Waals surface area contributed by atoms with Crippen molar-refractivity contribution in [2.75, 3.05) is 38.0 Å². The maximum absolute atomic E-state index is 13.0. The molecule has 0 spiro atoms. The maximum Gasteiger partial charge on any atom is 0.239 e. The second-order valence-corrected chi connectivity index (χ2v) is 8.53. The molecule has 2 aliphatic heterocycles. The number of aromatic nitrogens is 1. The maximum atomic E-state index is 13.0. The summed E-state index contributed by atoms with van der Waals surface area (Å²) in [4.78, 5) is 17.8. The topological polar surface area (TPSA) is 77.4 Å². The van der Waals surface area contributed by atoms with Gasteiger partial charge in [0.15, 0.2) is 0 Å². The van der Waals surface area contributed by atoms with Crippen LogP contribution in [0.4, 0.5) is 5.82 Å². The van der Waals surface area contributed by atoms with E-state index < -0.39 is 0 Å². The number of carbonyl (C=O) groups excluding carboxylic acids is 1. The fourth-order valence-corrected chi connectivity index (χ4v) is 4.82. The lowest BCUT2D eigenvalue weighted by atomic mass is 10.2. The van der Waals surface area contributed by atoms with E-state index in [-0.39, 0.29) is 5.91 Å². The molecule has 7 nitrogen and oxygen atoms in total. The van der Waals surface area contributed by atoms with E-state index in [2.05, 4.69) is 21.2 Å². The molecule has 2 saturated heterocycles. The van der Waals surface area contributed by atoms with Crippen molar-refractivity contribution in [2.24, 2.45) is 0 Å². The van der Waals surface area contributed by atoms with E-state index >= 15 is 0 Å². The van der Waals surface area contributed by atoms with E-state index in [1.54, 1.807) is 6.26 Å². The van der Waals surface area contributed by atoms with Crippen molar-refractivity contribution in [3.63, 3.8) is 0 Å². The second-order valence-electron chi connectivity index (χ2n) is 8.53. The Morgan fingerprint density at radius 2 is 2.07 bits per heavy atom. The molecule has 2 aromatic rings. The van der Waals surface area contributed by atoms with Crippen molar-refractivity contribution in [3.8, 4) is 6.07 Å². The average molecular weight is 410 g/mol. The van der Waals surface area contributed by atoms with E-state index in [1.807, 2.05) is 30.5 Å². The third kappa shape index (κ3) is 4.30. The lowest BCUT2D eigenvalue weighted by Gasteiger charge is -2.28. The van der Waals surface area contributed by atoms with Gasteiger partial charge < -0.3 is 19.2 Å². The van der Waals surface area contributed by atoms with E-state index in [4.69, 9.17) is 4.42 Å². The number of nitrogens with zero attached hydrogens (tertiary/aromatic N) is 4. The van der Waals surface area contributed by atoms with Gasteiger partial charge in [0.25, 0.3) is 0 Å². The van der Waals surface area contributed by atoms with Crippen LogP contribution in [0.3, 0.4) is 0 Å². The zero-order valence-electron chi connectivity index (χ0n) is 18.0. The first kappa shape index (κ1) is 20.7. The normalized spacial score (nSPS) is 20.0. The molecule has 0 bridgehead atoms. The van der Waals surface area contributed by atoms with Crippen LogP contribution >= 0.6 is 0 Å². The minimum Gasteiger partial charge on any atom is -0.467 e. The highest BCUT2D eigenvalue weighted by Crippen LogP contribution is 2.28. The summed E-state index contributed by atoms with van der Waals surface area (Å²) in [5.41, 5.74) is 2.39. The van der Waals surface area contributed by atoms with Crippen molar-refractivity contribution < 1.29 is 9.21 Å². The smallest absolute Gasteiger partial charge is 0.239 e. The molecule has 7 heteroatoms. The van der Waals surface area contributed by atoms with Crippen molar-refractivity contribution in [1.82, 2.24) is 14.4 Å². The van der Waals surface area contributed by atoms with Gasteiger partial charge in [0.05, 0.1) is 24.9 Å². The van der Waals surface area contributed by atoms with Crippen molar-refractivity contribution in [2.45, 2.75) is 52.1 Å². The van der Waals surface area contributed by atoms with Crippen molar-refractivity contribution in [3.05, 3.63) is 41.0 Å². The number of likely N-dealkylation sites (tertiary alicyclic amines) is 2. The Kier molecular flexibility index (Phi) is 6.26. The van der Waals surface area contributed by atoms with Gasteiger partial charge in [-0.2, -0.15) is 5.26 Å². The molecule has 1 unspecified atom stereocenters. The molecule has 4 heterocycles. The lowest BCUT2D eigenvalue weighted by Crippen LogP contribution is -2.43. The Balaban J connectivity index is 1.47. The van der Waals surface area contributed by atoms with Gasteiger partial charge in [0, 0.05) is 18.3 Å². The molecule has 1 amide bonds. The van der Waals surface area contributed by atoms with Gasteiger partial charge in [0.1, 0.15) is 17.6 Å². The van der Waals surface area contributed by atoms with Crippen LogP contribution in [0, 0.1) is 25.2 Å². The molecular formula is C23H31N5O2. The molecule has 160 valence electrons. The van der Waals surface area contributed by atoms with Gasteiger partial charge in [-0.05, 0) is 76.9 Å². The Morgan fingerprint density at radius 3 is 2.77 bits per heavy atom. The second kappa shape index (κ2) is 9.07. The number of hydrogen-bond acceptors (Lipinski definition) is 5. The van der Waals surface area contributed by atoms with Gasteiger partial charge >= 0.3 is 0 Å². The molecule has 4 rings (SSSR count). The van der Waals surface area contributed by atoms with Crippen LogP contribution in [0.5, 0.6) is 0 Å². The number of nitrogens with one attached hydrogen (secondary N) is 1. The van der Waals surface area contributed by atoms with Crippen molar-refractivity contribution >= 4 is 11.7 Å². The summed E-state index contributed by atoms with van der Waals surface area (Å²) in [5, 5.41) is 12.8. The Bertz CT molecular complexity index is 919. The Hall–Kier alpha value is -2.56. The lowest BCUT2D eigenvalue weighted by molar-refractivity contribution is -0.117. The molecule has 0 saturated carbocycles. The predicted octanol–water partition coefficient (Wildman–Crippen LogP) is 3.12. The highest BCUT2D eigenvalue weighted by molar-refractivity contribution is 5.93. The number of furan rings is 1. The molecule has 0 aliphatic carbocycles. The summed E-state index contributed by atoms with van der Waals surface area (Å²) in [6, 6.07) is 6.47. The number of anilines is 1. The number of hydrogen-bond donors (Lipinski definition) is 1. The average Bonchev–Trinajstić information content (AvgIpc) is 3.52. The summed E-state index contributed by atoms with van der Waals surface area (Å²) >= 11 is 0.